The van der Waals surface area contributed by atoms with Gasteiger partial charge in [0.15, 0.2) is 0 Å². The molecule has 0 radical (unpaired) electrons. The fraction of sp³-hybridized carbons (Fsp3) is 0.621. The SMILES string of the molecule is CCc1ccc(C(C)(C)c2nnc(C(=O)[C@@H](NC(=O)[C@@H]3CCCN3C(=O)[C@@H](NC(=O)OC)C(C)C)C(C)C)o2)nc1. The summed E-state index contributed by atoms with van der Waals surface area (Å²) in [4.78, 5) is 58.1. The van der Waals surface area contributed by atoms with E-state index in [-0.39, 0.29) is 29.5 Å². The Kier molecular flexibility index (Phi) is 10.2. The van der Waals surface area contributed by atoms with Crippen molar-refractivity contribution in [2.75, 3.05) is 13.7 Å². The molecule has 0 saturated carbocycles. The van der Waals surface area contributed by atoms with Gasteiger partial charge in [-0.3, -0.25) is 19.4 Å². The van der Waals surface area contributed by atoms with Crippen LogP contribution >= 0.6 is 0 Å². The van der Waals surface area contributed by atoms with E-state index in [1.165, 1.54) is 12.0 Å². The van der Waals surface area contributed by atoms with E-state index < -0.39 is 41.3 Å². The van der Waals surface area contributed by atoms with Crippen LogP contribution in [-0.4, -0.2) is 75.6 Å². The van der Waals surface area contributed by atoms with Crippen molar-refractivity contribution in [1.29, 1.82) is 0 Å². The number of aromatic nitrogens is 3. The maximum atomic E-state index is 13.5. The fourth-order valence-electron chi connectivity index (χ4n) is 4.79. The zero-order valence-corrected chi connectivity index (χ0v) is 25.2. The summed E-state index contributed by atoms with van der Waals surface area (Å²) in [6.07, 6.45) is 2.99. The number of alkyl carbamates (subject to hydrolysis) is 1. The van der Waals surface area contributed by atoms with Crippen LogP contribution in [0.3, 0.4) is 0 Å². The maximum absolute atomic E-state index is 13.5. The largest absolute Gasteiger partial charge is 0.453 e. The molecule has 3 atom stereocenters. The van der Waals surface area contributed by atoms with Crippen molar-refractivity contribution in [3.63, 3.8) is 0 Å². The molecule has 3 rings (SSSR count). The third-order valence-electron chi connectivity index (χ3n) is 7.52. The van der Waals surface area contributed by atoms with E-state index in [0.29, 0.717) is 19.4 Å². The monoisotopic (exact) mass is 570 g/mol. The highest BCUT2D eigenvalue weighted by Crippen LogP contribution is 2.29. The van der Waals surface area contributed by atoms with Gasteiger partial charge in [0.1, 0.15) is 12.1 Å². The molecular formula is C29H42N6O6. The number of carbonyl (C=O) groups excluding carboxylic acids is 4. The number of methoxy groups -OCH3 is 1. The predicted molar refractivity (Wildman–Crippen MR) is 150 cm³/mol. The summed E-state index contributed by atoms with van der Waals surface area (Å²) < 4.78 is 10.5. The van der Waals surface area contributed by atoms with Gasteiger partial charge in [-0.15, -0.1) is 10.2 Å². The quantitative estimate of drug-likeness (QED) is 0.388. The minimum atomic E-state index is -0.951. The summed E-state index contributed by atoms with van der Waals surface area (Å²) in [7, 11) is 1.22. The zero-order valence-electron chi connectivity index (χ0n) is 25.2. The first-order valence-electron chi connectivity index (χ1n) is 14.1. The number of ether oxygens (including phenoxy) is 1. The number of amides is 3. The Morgan fingerprint density at radius 3 is 2.32 bits per heavy atom. The van der Waals surface area contributed by atoms with Crippen molar-refractivity contribution in [2.24, 2.45) is 11.8 Å². The average molecular weight is 571 g/mol. The van der Waals surface area contributed by atoms with Crippen LogP contribution < -0.4 is 10.6 Å². The van der Waals surface area contributed by atoms with Crippen molar-refractivity contribution in [1.82, 2.24) is 30.7 Å². The van der Waals surface area contributed by atoms with Gasteiger partial charge in [-0.2, -0.15) is 0 Å². The number of ketones is 1. The molecule has 41 heavy (non-hydrogen) atoms. The number of likely N-dealkylation sites (tertiary alicyclic amines) is 1. The van der Waals surface area contributed by atoms with Crippen molar-refractivity contribution in [3.05, 3.63) is 41.4 Å². The number of nitrogens with one attached hydrogen (secondary N) is 2. The summed E-state index contributed by atoms with van der Waals surface area (Å²) in [6.45, 7) is 13.4. The Hall–Kier alpha value is -3.83. The first-order valence-corrected chi connectivity index (χ1v) is 14.1. The highest BCUT2D eigenvalue weighted by molar-refractivity contribution is 6.00. The lowest BCUT2D eigenvalue weighted by Gasteiger charge is -2.31. The lowest BCUT2D eigenvalue weighted by Crippen LogP contribution is -2.57. The molecule has 3 heterocycles. The van der Waals surface area contributed by atoms with Gasteiger partial charge >= 0.3 is 6.09 Å². The standard InChI is InChI=1S/C29H42N6O6/c1-9-18-12-13-20(30-15-18)29(6,7)27-34-33-25(41-27)23(36)21(16(2)3)31-24(37)19-11-10-14-35(19)26(38)22(17(4)5)32-28(39)40-8/h12-13,15-17,19,21-22H,9-11,14H2,1-8H3,(H,31,37)(H,32,39)/t19-,21-,22-/m0/s1. The molecule has 1 aliphatic rings. The topological polar surface area (TPSA) is 157 Å². The Balaban J connectivity index is 1.77. The third kappa shape index (κ3) is 7.09. The number of aryl methyl sites for hydroxylation is 1. The molecule has 2 aromatic rings. The Morgan fingerprint density at radius 2 is 1.76 bits per heavy atom. The minimum absolute atomic E-state index is 0.209. The molecule has 224 valence electrons. The van der Waals surface area contributed by atoms with Crippen LogP contribution in [0.5, 0.6) is 0 Å². The molecule has 12 nitrogen and oxygen atoms in total. The van der Waals surface area contributed by atoms with Crippen LogP contribution in [0.4, 0.5) is 4.79 Å². The second kappa shape index (κ2) is 13.2. The molecule has 0 unspecified atom stereocenters. The fourth-order valence-corrected chi connectivity index (χ4v) is 4.79. The van der Waals surface area contributed by atoms with Crippen LogP contribution in [-0.2, 0) is 26.2 Å². The van der Waals surface area contributed by atoms with Crippen LogP contribution in [0, 0.1) is 11.8 Å². The lowest BCUT2D eigenvalue weighted by atomic mass is 9.88. The minimum Gasteiger partial charge on any atom is -0.453 e. The van der Waals surface area contributed by atoms with E-state index in [2.05, 4.69) is 37.5 Å². The van der Waals surface area contributed by atoms with E-state index in [1.54, 1.807) is 33.9 Å². The van der Waals surface area contributed by atoms with E-state index in [9.17, 15) is 19.2 Å². The molecule has 12 heteroatoms. The number of nitrogens with zero attached hydrogens (tertiary/aromatic N) is 4. The van der Waals surface area contributed by atoms with Gasteiger partial charge in [0.05, 0.1) is 24.3 Å². The number of rotatable bonds is 11. The zero-order chi connectivity index (χ0) is 30.5. The lowest BCUT2D eigenvalue weighted by molar-refractivity contribution is -0.141. The van der Waals surface area contributed by atoms with Gasteiger partial charge in [-0.05, 0) is 56.6 Å². The first-order chi connectivity index (χ1) is 19.3. The maximum Gasteiger partial charge on any atom is 0.407 e. The van der Waals surface area contributed by atoms with Gasteiger partial charge in [-0.25, -0.2) is 4.79 Å². The van der Waals surface area contributed by atoms with E-state index in [4.69, 9.17) is 4.42 Å². The molecule has 0 spiro atoms. The molecule has 3 amide bonds. The van der Waals surface area contributed by atoms with Crippen molar-refractivity contribution in [2.45, 2.75) is 91.3 Å². The Bertz CT molecular complexity index is 1240. The Morgan fingerprint density at radius 1 is 1.07 bits per heavy atom. The smallest absolute Gasteiger partial charge is 0.407 e. The number of Topliss-reactive ketones (excluding diaryl/α,β-unsaturated/α-hetero) is 1. The van der Waals surface area contributed by atoms with Gasteiger partial charge < -0.3 is 24.7 Å². The van der Waals surface area contributed by atoms with Gasteiger partial charge in [0, 0.05) is 12.7 Å². The van der Waals surface area contributed by atoms with Crippen LogP contribution in [0.15, 0.2) is 22.7 Å². The average Bonchev–Trinajstić information content (AvgIpc) is 3.64. The number of pyridine rings is 1. The molecule has 1 saturated heterocycles. The molecule has 2 N–H and O–H groups in total. The second-order valence-electron chi connectivity index (χ2n) is 11.6. The number of hydrogen-bond donors (Lipinski definition) is 2. The van der Waals surface area contributed by atoms with Crippen LogP contribution in [0.2, 0.25) is 0 Å². The van der Waals surface area contributed by atoms with Gasteiger partial charge in [0.25, 0.3) is 5.89 Å². The van der Waals surface area contributed by atoms with Crippen LogP contribution in [0.1, 0.15) is 89.1 Å². The predicted octanol–water partition coefficient (Wildman–Crippen LogP) is 3.05. The van der Waals surface area contributed by atoms with E-state index >= 15 is 0 Å². The van der Waals surface area contributed by atoms with Gasteiger partial charge in [0.2, 0.25) is 23.5 Å². The molecule has 0 bridgehead atoms. The van der Waals surface area contributed by atoms with E-state index in [0.717, 1.165) is 17.7 Å². The summed E-state index contributed by atoms with van der Waals surface area (Å²) in [5, 5.41) is 13.5. The molecule has 0 aromatic carbocycles. The van der Waals surface area contributed by atoms with Crippen molar-refractivity contribution < 1.29 is 28.3 Å². The number of carbonyl (C=O) groups is 4. The second-order valence-corrected chi connectivity index (χ2v) is 11.6. The van der Waals surface area contributed by atoms with Crippen molar-refractivity contribution >= 4 is 23.7 Å². The highest BCUT2D eigenvalue weighted by Gasteiger charge is 2.41. The molecule has 2 aromatic heterocycles. The van der Waals surface area contributed by atoms with Gasteiger partial charge in [-0.1, -0.05) is 40.7 Å². The summed E-state index contributed by atoms with van der Waals surface area (Å²) >= 11 is 0. The molecule has 1 aliphatic heterocycles. The first kappa shape index (κ1) is 31.7. The van der Waals surface area contributed by atoms with Crippen molar-refractivity contribution in [3.8, 4) is 0 Å². The van der Waals surface area contributed by atoms with Crippen LogP contribution in [0.25, 0.3) is 0 Å². The highest BCUT2D eigenvalue weighted by atomic mass is 16.5. The molecular weight excluding hydrogens is 528 g/mol. The number of hydrogen-bond acceptors (Lipinski definition) is 9. The summed E-state index contributed by atoms with van der Waals surface area (Å²) in [5.74, 6) is -1.85. The summed E-state index contributed by atoms with van der Waals surface area (Å²) in [5.41, 5.74) is 1.08. The Labute approximate surface area is 241 Å². The normalized spacial score (nSPS) is 16.9. The third-order valence-corrected chi connectivity index (χ3v) is 7.52. The molecule has 1 fully saturated rings. The van der Waals surface area contributed by atoms with E-state index in [1.807, 2.05) is 26.0 Å². The molecule has 0 aliphatic carbocycles. The summed E-state index contributed by atoms with van der Waals surface area (Å²) in [6, 6.07) is 1.30.